The quantitative estimate of drug-likeness (QED) is 0.699. The van der Waals surface area contributed by atoms with Gasteiger partial charge in [-0.05, 0) is 42.7 Å². The van der Waals surface area contributed by atoms with Crippen LogP contribution in [0.3, 0.4) is 0 Å². The maximum absolute atomic E-state index is 12.8. The van der Waals surface area contributed by atoms with Crippen LogP contribution < -0.4 is 16.1 Å². The lowest BCUT2D eigenvalue weighted by Gasteiger charge is -2.45. The molecular formula is C26H38N2O3Si. The van der Waals surface area contributed by atoms with Crippen molar-refractivity contribution in [1.82, 2.24) is 4.90 Å². The minimum Gasteiger partial charge on any atom is -0.444 e. The van der Waals surface area contributed by atoms with E-state index in [4.69, 9.17) is 14.9 Å². The summed E-state index contributed by atoms with van der Waals surface area (Å²) < 4.78 is 12.9. The smallest absolute Gasteiger partial charge is 0.410 e. The van der Waals surface area contributed by atoms with Crippen molar-refractivity contribution in [2.45, 2.75) is 58.3 Å². The number of amides is 1. The third kappa shape index (κ3) is 5.08. The molecule has 0 bridgehead atoms. The lowest BCUT2D eigenvalue weighted by Crippen LogP contribution is -2.68. The summed E-state index contributed by atoms with van der Waals surface area (Å²) in [7, 11) is -2.72. The molecule has 2 unspecified atom stereocenters. The summed E-state index contributed by atoms with van der Waals surface area (Å²) in [5.41, 5.74) is 5.64. The predicted molar refractivity (Wildman–Crippen MR) is 133 cm³/mol. The Morgan fingerprint density at radius 1 is 0.938 bits per heavy atom. The number of hydrogen-bond donors (Lipinski definition) is 1. The number of rotatable bonds is 5. The highest BCUT2D eigenvalue weighted by atomic mass is 28.4. The normalized spacial score (nSPS) is 19.8. The van der Waals surface area contributed by atoms with Gasteiger partial charge in [-0.3, -0.25) is 0 Å². The van der Waals surface area contributed by atoms with Crippen LogP contribution in [0.1, 0.15) is 41.5 Å². The van der Waals surface area contributed by atoms with Crippen LogP contribution in [0.2, 0.25) is 5.04 Å². The molecule has 2 N–H and O–H groups in total. The minimum atomic E-state index is -2.72. The molecule has 2 aromatic rings. The molecule has 0 radical (unpaired) electrons. The van der Waals surface area contributed by atoms with Gasteiger partial charge in [0.15, 0.2) is 0 Å². The monoisotopic (exact) mass is 454 g/mol. The van der Waals surface area contributed by atoms with Crippen LogP contribution in [-0.2, 0) is 9.16 Å². The largest absolute Gasteiger partial charge is 0.444 e. The van der Waals surface area contributed by atoms with E-state index in [2.05, 4.69) is 69.3 Å². The first kappa shape index (κ1) is 24.5. The van der Waals surface area contributed by atoms with Crippen molar-refractivity contribution >= 4 is 24.8 Å². The fourth-order valence-electron chi connectivity index (χ4n) is 4.60. The van der Waals surface area contributed by atoms with Gasteiger partial charge in [0.05, 0.1) is 6.10 Å². The summed E-state index contributed by atoms with van der Waals surface area (Å²) in [4.78, 5) is 14.5. The SMILES string of the molecule is CC(C)(C)OC(=O)N1CC(CN)C(O[Si](c2ccccc2)(c2ccccc2)C(C)(C)C)C1. The molecule has 0 saturated carbocycles. The third-order valence-electron chi connectivity index (χ3n) is 6.08. The van der Waals surface area contributed by atoms with Crippen LogP contribution in [0.5, 0.6) is 0 Å². The Hall–Kier alpha value is -2.15. The van der Waals surface area contributed by atoms with Crippen molar-refractivity contribution in [2.75, 3.05) is 19.6 Å². The number of ether oxygens (including phenoxy) is 1. The van der Waals surface area contributed by atoms with Gasteiger partial charge in [0.2, 0.25) is 0 Å². The Morgan fingerprint density at radius 3 is 1.84 bits per heavy atom. The van der Waals surface area contributed by atoms with Crippen molar-refractivity contribution in [1.29, 1.82) is 0 Å². The highest BCUT2D eigenvalue weighted by Gasteiger charge is 2.53. The fraction of sp³-hybridized carbons (Fsp3) is 0.500. The average Bonchev–Trinajstić information content (AvgIpc) is 3.14. The standard InChI is InChI=1S/C26H38N2O3Si/c1-25(2,3)30-24(29)28-18-20(17-27)23(19-28)31-32(26(4,5)6,21-13-9-7-10-14-21)22-15-11-8-12-16-22/h7-16,20,23H,17-19,27H2,1-6H3. The van der Waals surface area contributed by atoms with Crippen LogP contribution in [0.25, 0.3) is 0 Å². The number of carbonyl (C=O) groups excluding carboxylic acids is 1. The zero-order valence-corrected chi connectivity index (χ0v) is 21.3. The number of likely N-dealkylation sites (tertiary alicyclic amines) is 1. The van der Waals surface area contributed by atoms with Gasteiger partial charge in [0.1, 0.15) is 5.60 Å². The first-order chi connectivity index (χ1) is 15.0. The van der Waals surface area contributed by atoms with Crippen molar-refractivity contribution in [3.63, 3.8) is 0 Å². The first-order valence-corrected chi connectivity index (χ1v) is 13.4. The van der Waals surface area contributed by atoms with Crippen molar-refractivity contribution in [3.05, 3.63) is 60.7 Å². The predicted octanol–water partition coefficient (Wildman–Crippen LogP) is 3.76. The number of carbonyl (C=O) groups is 1. The molecule has 2 atom stereocenters. The lowest BCUT2D eigenvalue weighted by atomic mass is 10.1. The van der Waals surface area contributed by atoms with Gasteiger partial charge in [-0.25, -0.2) is 4.79 Å². The molecule has 32 heavy (non-hydrogen) atoms. The fourth-order valence-corrected chi connectivity index (χ4v) is 9.33. The van der Waals surface area contributed by atoms with Gasteiger partial charge in [0, 0.05) is 19.0 Å². The van der Waals surface area contributed by atoms with E-state index in [1.807, 2.05) is 32.9 Å². The van der Waals surface area contributed by atoms with E-state index in [0.717, 1.165) is 0 Å². The molecule has 5 nitrogen and oxygen atoms in total. The van der Waals surface area contributed by atoms with Crippen LogP contribution >= 0.6 is 0 Å². The van der Waals surface area contributed by atoms with E-state index < -0.39 is 13.9 Å². The molecule has 0 aromatic heterocycles. The summed E-state index contributed by atoms with van der Waals surface area (Å²) in [6.07, 6.45) is -0.455. The summed E-state index contributed by atoms with van der Waals surface area (Å²) in [6, 6.07) is 21.1. The molecule has 6 heteroatoms. The van der Waals surface area contributed by atoms with Crippen molar-refractivity contribution in [2.24, 2.45) is 11.7 Å². The molecule has 174 valence electrons. The molecule has 1 amide bonds. The number of hydrogen-bond acceptors (Lipinski definition) is 4. The maximum atomic E-state index is 12.8. The summed E-state index contributed by atoms with van der Waals surface area (Å²) >= 11 is 0. The average molecular weight is 455 g/mol. The van der Waals surface area contributed by atoms with Crippen molar-refractivity contribution in [3.8, 4) is 0 Å². The topological polar surface area (TPSA) is 64.8 Å². The molecule has 0 spiro atoms. The molecule has 1 saturated heterocycles. The Kier molecular flexibility index (Phi) is 7.17. The zero-order valence-electron chi connectivity index (χ0n) is 20.3. The van der Waals surface area contributed by atoms with Crippen LogP contribution in [0, 0.1) is 5.92 Å². The Balaban J connectivity index is 2.02. The van der Waals surface area contributed by atoms with E-state index in [-0.39, 0.29) is 23.2 Å². The highest BCUT2D eigenvalue weighted by Crippen LogP contribution is 2.39. The lowest BCUT2D eigenvalue weighted by molar-refractivity contribution is 0.0273. The van der Waals surface area contributed by atoms with E-state index in [1.54, 1.807) is 4.90 Å². The number of benzene rings is 2. The number of nitrogens with zero attached hydrogens (tertiary/aromatic N) is 1. The van der Waals surface area contributed by atoms with E-state index >= 15 is 0 Å². The molecule has 0 aliphatic carbocycles. The molecule has 3 rings (SSSR count). The van der Waals surface area contributed by atoms with E-state index in [1.165, 1.54) is 10.4 Å². The second-order valence-electron chi connectivity index (χ2n) is 10.7. The highest BCUT2D eigenvalue weighted by molar-refractivity contribution is 6.99. The Bertz CT molecular complexity index is 851. The summed E-state index contributed by atoms with van der Waals surface area (Å²) in [5.74, 6) is 0.0594. The van der Waals surface area contributed by atoms with Gasteiger partial charge in [-0.1, -0.05) is 81.4 Å². The minimum absolute atomic E-state index is 0.0594. The van der Waals surface area contributed by atoms with Gasteiger partial charge in [0.25, 0.3) is 8.32 Å². The van der Waals surface area contributed by atoms with Gasteiger partial charge < -0.3 is 19.8 Å². The molecule has 1 aliphatic heterocycles. The Morgan fingerprint density at radius 2 is 1.44 bits per heavy atom. The van der Waals surface area contributed by atoms with Gasteiger partial charge in [-0.15, -0.1) is 0 Å². The van der Waals surface area contributed by atoms with E-state index in [0.29, 0.717) is 19.6 Å². The van der Waals surface area contributed by atoms with Gasteiger partial charge in [-0.2, -0.15) is 0 Å². The Labute approximate surface area is 194 Å². The second-order valence-corrected chi connectivity index (χ2v) is 15.0. The molecule has 1 aliphatic rings. The summed E-state index contributed by atoms with van der Waals surface area (Å²) in [6.45, 7) is 13.9. The van der Waals surface area contributed by atoms with Crippen LogP contribution in [0.4, 0.5) is 4.79 Å². The van der Waals surface area contributed by atoms with E-state index in [9.17, 15) is 4.79 Å². The maximum Gasteiger partial charge on any atom is 0.410 e. The third-order valence-corrected chi connectivity index (χ3v) is 11.1. The summed E-state index contributed by atoms with van der Waals surface area (Å²) in [5, 5.41) is 2.32. The van der Waals surface area contributed by atoms with Crippen LogP contribution in [0.15, 0.2) is 60.7 Å². The number of nitrogens with two attached hydrogens (primary N) is 1. The molecule has 2 aromatic carbocycles. The van der Waals surface area contributed by atoms with Crippen LogP contribution in [-0.4, -0.2) is 50.6 Å². The first-order valence-electron chi connectivity index (χ1n) is 11.4. The van der Waals surface area contributed by atoms with Crippen molar-refractivity contribution < 1.29 is 14.0 Å². The zero-order chi connectivity index (χ0) is 23.6. The second kappa shape index (κ2) is 9.38. The van der Waals surface area contributed by atoms with Gasteiger partial charge >= 0.3 is 6.09 Å². The molecule has 1 fully saturated rings. The molecule has 1 heterocycles. The molecular weight excluding hydrogens is 416 g/mol.